The van der Waals surface area contributed by atoms with E-state index in [9.17, 15) is 21.6 Å². The maximum absolute atomic E-state index is 12.6. The number of nitrogens with two attached hydrogens (primary N) is 1. The van der Waals surface area contributed by atoms with Crippen LogP contribution in [0.15, 0.2) is 45.7 Å². The van der Waals surface area contributed by atoms with Crippen molar-refractivity contribution < 1.29 is 26.0 Å². The molecule has 0 bridgehead atoms. The summed E-state index contributed by atoms with van der Waals surface area (Å²) in [6.07, 6.45) is -4.59. The predicted octanol–water partition coefficient (Wildman–Crippen LogP) is 2.73. The molecule has 0 fully saturated rings. The number of sulfone groups is 1. The fourth-order valence-electron chi connectivity index (χ4n) is 1.75. The third-order valence-electron chi connectivity index (χ3n) is 2.77. The largest absolute Gasteiger partial charge is 0.464 e. The van der Waals surface area contributed by atoms with Crippen LogP contribution < -0.4 is 5.73 Å². The summed E-state index contributed by atoms with van der Waals surface area (Å²) >= 11 is 0. The number of hydrogen-bond donors (Lipinski definition) is 1. The van der Waals surface area contributed by atoms with Crippen molar-refractivity contribution >= 4 is 9.84 Å². The van der Waals surface area contributed by atoms with Crippen LogP contribution in [0.2, 0.25) is 0 Å². The van der Waals surface area contributed by atoms with E-state index in [-0.39, 0.29) is 12.3 Å². The molecule has 1 heterocycles. The molecular weight excluding hydrogens is 307 g/mol. The van der Waals surface area contributed by atoms with E-state index in [1.807, 2.05) is 0 Å². The molecule has 8 heteroatoms. The van der Waals surface area contributed by atoms with Gasteiger partial charge < -0.3 is 10.2 Å². The summed E-state index contributed by atoms with van der Waals surface area (Å²) in [5.41, 5.74) is 4.33. The van der Waals surface area contributed by atoms with E-state index in [4.69, 9.17) is 10.2 Å². The summed E-state index contributed by atoms with van der Waals surface area (Å²) in [6.45, 7) is 0.115. The Morgan fingerprint density at radius 3 is 2.33 bits per heavy atom. The minimum atomic E-state index is -4.59. The lowest BCUT2D eigenvalue weighted by molar-refractivity contribution is -0.137. The highest BCUT2D eigenvalue weighted by molar-refractivity contribution is 7.90. The molecule has 0 saturated heterocycles. The Kier molecular flexibility index (Phi) is 4.11. The number of halogens is 3. The lowest BCUT2D eigenvalue weighted by Crippen LogP contribution is -2.09. The molecule has 0 aliphatic heterocycles. The van der Waals surface area contributed by atoms with Gasteiger partial charge in [-0.3, -0.25) is 0 Å². The van der Waals surface area contributed by atoms with E-state index in [0.29, 0.717) is 11.8 Å². The molecule has 21 heavy (non-hydrogen) atoms. The first kappa shape index (κ1) is 15.6. The standard InChI is InChI=1S/C13H12F3NO3S/c14-13(15,16)9-2-1-3-12(6-9)21(18,19)8-11-5-4-10(7-17)20-11/h1-6H,7-8,17H2. The second-order valence-electron chi connectivity index (χ2n) is 4.36. The molecule has 0 aliphatic carbocycles. The van der Waals surface area contributed by atoms with Crippen molar-refractivity contribution in [1.82, 2.24) is 0 Å². The molecule has 0 aliphatic rings. The third kappa shape index (κ3) is 3.64. The SMILES string of the molecule is NCc1ccc(CS(=O)(=O)c2cccc(C(F)(F)F)c2)o1. The van der Waals surface area contributed by atoms with E-state index in [1.54, 1.807) is 0 Å². The Morgan fingerprint density at radius 1 is 1.10 bits per heavy atom. The lowest BCUT2D eigenvalue weighted by atomic mass is 10.2. The van der Waals surface area contributed by atoms with Gasteiger partial charge in [-0.1, -0.05) is 6.07 Å². The molecule has 1 aromatic carbocycles. The van der Waals surface area contributed by atoms with Crippen LogP contribution >= 0.6 is 0 Å². The number of alkyl halides is 3. The second-order valence-corrected chi connectivity index (χ2v) is 6.35. The molecule has 0 atom stereocenters. The molecule has 2 rings (SSSR count). The monoisotopic (exact) mass is 319 g/mol. The van der Waals surface area contributed by atoms with E-state index < -0.39 is 32.2 Å². The highest BCUT2D eigenvalue weighted by Crippen LogP contribution is 2.31. The summed E-state index contributed by atoms with van der Waals surface area (Å²) in [5, 5.41) is 0. The van der Waals surface area contributed by atoms with E-state index >= 15 is 0 Å². The van der Waals surface area contributed by atoms with Gasteiger partial charge in [0.05, 0.1) is 17.0 Å². The van der Waals surface area contributed by atoms with Crippen LogP contribution in [0.3, 0.4) is 0 Å². The van der Waals surface area contributed by atoms with Crippen molar-refractivity contribution in [2.45, 2.75) is 23.4 Å². The summed E-state index contributed by atoms with van der Waals surface area (Å²) in [5.74, 6) is 0.0195. The van der Waals surface area contributed by atoms with Gasteiger partial charge >= 0.3 is 6.18 Å². The zero-order chi connectivity index (χ0) is 15.7. The molecule has 4 nitrogen and oxygen atoms in total. The van der Waals surface area contributed by atoms with Crippen molar-refractivity contribution in [3.05, 3.63) is 53.5 Å². The molecule has 114 valence electrons. The average Bonchev–Trinajstić information content (AvgIpc) is 2.85. The van der Waals surface area contributed by atoms with Crippen molar-refractivity contribution in [3.63, 3.8) is 0 Å². The molecule has 0 radical (unpaired) electrons. The molecule has 0 unspecified atom stereocenters. The zero-order valence-corrected chi connectivity index (χ0v) is 11.5. The molecular formula is C13H12F3NO3S. The molecule has 0 amide bonds. The fourth-order valence-corrected chi connectivity index (χ4v) is 3.03. The normalized spacial score (nSPS) is 12.6. The fraction of sp³-hybridized carbons (Fsp3) is 0.231. The lowest BCUT2D eigenvalue weighted by Gasteiger charge is -2.08. The summed E-state index contributed by atoms with van der Waals surface area (Å²) < 4.78 is 67.2. The first-order valence-electron chi connectivity index (χ1n) is 5.90. The highest BCUT2D eigenvalue weighted by atomic mass is 32.2. The Balaban J connectivity index is 2.31. The van der Waals surface area contributed by atoms with Crippen LogP contribution in [-0.2, 0) is 28.3 Å². The molecule has 0 spiro atoms. The van der Waals surface area contributed by atoms with Gasteiger partial charge in [-0.2, -0.15) is 13.2 Å². The van der Waals surface area contributed by atoms with Crippen LogP contribution in [0, 0.1) is 0 Å². The predicted molar refractivity (Wildman–Crippen MR) is 68.9 cm³/mol. The summed E-state index contributed by atoms with van der Waals surface area (Å²) in [6, 6.07) is 6.57. The van der Waals surface area contributed by atoms with Crippen LogP contribution in [0.4, 0.5) is 13.2 Å². The highest BCUT2D eigenvalue weighted by Gasteiger charge is 2.31. The number of furan rings is 1. The van der Waals surface area contributed by atoms with Crippen molar-refractivity contribution in [2.75, 3.05) is 0 Å². The van der Waals surface area contributed by atoms with E-state index in [0.717, 1.165) is 18.2 Å². The number of hydrogen-bond acceptors (Lipinski definition) is 4. The number of rotatable bonds is 4. The molecule has 0 saturated carbocycles. The topological polar surface area (TPSA) is 73.3 Å². The summed E-state index contributed by atoms with van der Waals surface area (Å²) in [7, 11) is -3.93. The Hall–Kier alpha value is -1.80. The minimum Gasteiger partial charge on any atom is -0.464 e. The van der Waals surface area contributed by atoms with E-state index in [2.05, 4.69) is 0 Å². The average molecular weight is 319 g/mol. The van der Waals surface area contributed by atoms with Gasteiger partial charge in [-0.05, 0) is 30.3 Å². The van der Waals surface area contributed by atoms with Crippen molar-refractivity contribution in [3.8, 4) is 0 Å². The summed E-state index contributed by atoms with van der Waals surface area (Å²) in [4.78, 5) is -0.400. The Bertz CT molecular complexity index is 735. The first-order valence-corrected chi connectivity index (χ1v) is 7.55. The zero-order valence-electron chi connectivity index (χ0n) is 10.7. The van der Waals surface area contributed by atoms with Crippen LogP contribution in [0.5, 0.6) is 0 Å². The van der Waals surface area contributed by atoms with Gasteiger partial charge in [0, 0.05) is 0 Å². The Morgan fingerprint density at radius 2 is 1.76 bits per heavy atom. The maximum Gasteiger partial charge on any atom is 0.416 e. The van der Waals surface area contributed by atoms with Gasteiger partial charge in [-0.15, -0.1) is 0 Å². The van der Waals surface area contributed by atoms with Gasteiger partial charge in [0.15, 0.2) is 9.84 Å². The van der Waals surface area contributed by atoms with Crippen molar-refractivity contribution in [1.29, 1.82) is 0 Å². The third-order valence-corrected chi connectivity index (χ3v) is 4.41. The molecule has 2 N–H and O–H groups in total. The maximum atomic E-state index is 12.6. The van der Waals surface area contributed by atoms with Crippen LogP contribution in [-0.4, -0.2) is 8.42 Å². The minimum absolute atomic E-state index is 0.115. The van der Waals surface area contributed by atoms with Gasteiger partial charge in [0.1, 0.15) is 17.3 Å². The van der Waals surface area contributed by atoms with E-state index in [1.165, 1.54) is 12.1 Å². The molecule has 1 aromatic heterocycles. The smallest absolute Gasteiger partial charge is 0.416 e. The first-order chi connectivity index (χ1) is 9.72. The van der Waals surface area contributed by atoms with Gasteiger partial charge in [0.2, 0.25) is 0 Å². The van der Waals surface area contributed by atoms with Crippen LogP contribution in [0.1, 0.15) is 17.1 Å². The van der Waals surface area contributed by atoms with Crippen LogP contribution in [0.25, 0.3) is 0 Å². The number of benzene rings is 1. The van der Waals surface area contributed by atoms with Gasteiger partial charge in [0.25, 0.3) is 0 Å². The molecule has 2 aromatic rings. The van der Waals surface area contributed by atoms with Crippen molar-refractivity contribution in [2.24, 2.45) is 5.73 Å². The van der Waals surface area contributed by atoms with Gasteiger partial charge in [-0.25, -0.2) is 8.42 Å². The second kappa shape index (κ2) is 5.53. The quantitative estimate of drug-likeness (QED) is 0.940. The Labute approximate surface area is 119 Å².